The molecular weight excluding hydrogens is 282 g/mol. The molecule has 1 aliphatic heterocycles. The van der Waals surface area contributed by atoms with Crippen LogP contribution in [0.3, 0.4) is 0 Å². The molecule has 0 radical (unpaired) electrons. The molecule has 1 N–H and O–H groups in total. The summed E-state index contributed by atoms with van der Waals surface area (Å²) in [5, 5.41) is 13.6. The Hall–Kier alpha value is -1.76. The van der Waals surface area contributed by atoms with Gasteiger partial charge in [0.15, 0.2) is 0 Å². The van der Waals surface area contributed by atoms with Crippen LogP contribution in [0.25, 0.3) is 0 Å². The van der Waals surface area contributed by atoms with Gasteiger partial charge in [-0.25, -0.2) is 4.39 Å². The Balaban J connectivity index is 2.32. The van der Waals surface area contributed by atoms with Crippen molar-refractivity contribution in [3.63, 3.8) is 0 Å². The standard InChI is InChI=1S/C14H18F2N2O3/c1-13(2)7-12(14(3,4)21-13)17-10-6-11(18(19)20)9(16)5-8(10)15/h5-6,12,17H,7H2,1-4H3. The fourth-order valence-electron chi connectivity index (χ4n) is 2.76. The number of rotatable bonds is 3. The molecule has 0 saturated carbocycles. The quantitative estimate of drug-likeness (QED) is 0.684. The zero-order valence-corrected chi connectivity index (χ0v) is 12.4. The van der Waals surface area contributed by atoms with Crippen molar-refractivity contribution in [2.24, 2.45) is 0 Å². The number of nitro groups is 1. The largest absolute Gasteiger partial charge is 0.377 e. The molecule has 1 aromatic carbocycles. The van der Waals surface area contributed by atoms with E-state index in [4.69, 9.17) is 4.74 Å². The van der Waals surface area contributed by atoms with Crippen LogP contribution in [0.5, 0.6) is 0 Å². The van der Waals surface area contributed by atoms with Crippen molar-refractivity contribution in [1.82, 2.24) is 0 Å². The van der Waals surface area contributed by atoms with Gasteiger partial charge in [0.25, 0.3) is 0 Å². The van der Waals surface area contributed by atoms with Crippen molar-refractivity contribution < 1.29 is 18.4 Å². The summed E-state index contributed by atoms with van der Waals surface area (Å²) in [5.41, 5.74) is -1.81. The third kappa shape index (κ3) is 3.12. The Bertz CT molecular complexity index is 588. The number of nitrogens with one attached hydrogen (secondary N) is 1. The first-order valence-electron chi connectivity index (χ1n) is 6.62. The molecule has 1 atom stereocenters. The number of ether oxygens (including phenoxy) is 1. The Morgan fingerprint density at radius 3 is 2.38 bits per heavy atom. The first kappa shape index (κ1) is 15.6. The van der Waals surface area contributed by atoms with Gasteiger partial charge in [0.1, 0.15) is 5.82 Å². The van der Waals surface area contributed by atoms with Crippen molar-refractivity contribution in [2.75, 3.05) is 5.32 Å². The SMILES string of the molecule is CC1(C)CC(Nc2cc([N+](=O)[O-])c(F)cc2F)C(C)(C)O1. The second kappa shape index (κ2) is 4.91. The number of anilines is 1. The average molecular weight is 300 g/mol. The van der Waals surface area contributed by atoms with Gasteiger partial charge in [0, 0.05) is 12.1 Å². The summed E-state index contributed by atoms with van der Waals surface area (Å²) in [6.07, 6.45) is 0.602. The van der Waals surface area contributed by atoms with E-state index in [2.05, 4.69) is 5.32 Å². The molecule has 1 saturated heterocycles. The summed E-state index contributed by atoms with van der Waals surface area (Å²) in [6, 6.07) is 1.16. The molecule has 5 nitrogen and oxygen atoms in total. The maximum Gasteiger partial charge on any atom is 0.307 e. The molecule has 7 heteroatoms. The number of nitrogens with zero attached hydrogens (tertiary/aromatic N) is 1. The van der Waals surface area contributed by atoms with E-state index in [1.54, 1.807) is 0 Å². The third-order valence-electron chi connectivity index (χ3n) is 3.64. The van der Waals surface area contributed by atoms with E-state index in [9.17, 15) is 18.9 Å². The minimum Gasteiger partial charge on any atom is -0.377 e. The highest BCUT2D eigenvalue weighted by Gasteiger charge is 2.46. The van der Waals surface area contributed by atoms with Gasteiger partial charge in [0.2, 0.25) is 5.82 Å². The summed E-state index contributed by atoms with van der Waals surface area (Å²) in [7, 11) is 0. The van der Waals surface area contributed by atoms with E-state index in [-0.39, 0.29) is 17.3 Å². The number of benzene rings is 1. The maximum atomic E-state index is 13.8. The summed E-state index contributed by atoms with van der Waals surface area (Å²) in [5.74, 6) is -2.05. The molecule has 1 aliphatic rings. The second-order valence-corrected chi connectivity index (χ2v) is 6.41. The van der Waals surface area contributed by atoms with Gasteiger partial charge in [-0.2, -0.15) is 4.39 Å². The molecule has 2 rings (SSSR count). The van der Waals surface area contributed by atoms with Crippen LogP contribution >= 0.6 is 0 Å². The predicted octanol–water partition coefficient (Wildman–Crippen LogP) is 3.63. The summed E-state index contributed by atoms with van der Waals surface area (Å²) in [6.45, 7) is 7.55. The van der Waals surface area contributed by atoms with Crippen LogP contribution in [-0.2, 0) is 4.74 Å². The normalized spacial score (nSPS) is 23.0. The van der Waals surface area contributed by atoms with Gasteiger partial charge in [-0.1, -0.05) is 0 Å². The fraction of sp³-hybridized carbons (Fsp3) is 0.571. The number of hydrogen-bond acceptors (Lipinski definition) is 4. The number of halogens is 2. The average Bonchev–Trinajstić information content (AvgIpc) is 2.49. The molecule has 116 valence electrons. The fourth-order valence-corrected chi connectivity index (χ4v) is 2.76. The highest BCUT2D eigenvalue weighted by molar-refractivity contribution is 5.54. The predicted molar refractivity (Wildman–Crippen MR) is 74.3 cm³/mol. The third-order valence-corrected chi connectivity index (χ3v) is 3.64. The first-order valence-corrected chi connectivity index (χ1v) is 6.62. The van der Waals surface area contributed by atoms with Crippen LogP contribution in [0.4, 0.5) is 20.2 Å². The zero-order valence-electron chi connectivity index (χ0n) is 12.4. The van der Waals surface area contributed by atoms with Gasteiger partial charge in [-0.05, 0) is 34.1 Å². The monoisotopic (exact) mass is 300 g/mol. The van der Waals surface area contributed by atoms with Crippen molar-refractivity contribution >= 4 is 11.4 Å². The van der Waals surface area contributed by atoms with E-state index in [0.29, 0.717) is 12.5 Å². The lowest BCUT2D eigenvalue weighted by atomic mass is 9.94. The zero-order chi connectivity index (χ0) is 16.0. The van der Waals surface area contributed by atoms with Gasteiger partial charge in [-0.15, -0.1) is 0 Å². The molecule has 0 aliphatic carbocycles. The van der Waals surface area contributed by atoms with Gasteiger partial charge in [0.05, 0.1) is 27.9 Å². The Labute approximate surface area is 121 Å². The Kier molecular flexibility index (Phi) is 3.65. The van der Waals surface area contributed by atoms with Crippen molar-refractivity contribution in [3.8, 4) is 0 Å². The van der Waals surface area contributed by atoms with Crippen LogP contribution in [-0.4, -0.2) is 22.2 Å². The molecule has 0 bridgehead atoms. The number of hydrogen-bond donors (Lipinski definition) is 1. The first-order chi connectivity index (χ1) is 9.52. The lowest BCUT2D eigenvalue weighted by Crippen LogP contribution is -2.38. The summed E-state index contributed by atoms with van der Waals surface area (Å²) >= 11 is 0. The maximum absolute atomic E-state index is 13.8. The van der Waals surface area contributed by atoms with E-state index >= 15 is 0 Å². The van der Waals surface area contributed by atoms with Crippen LogP contribution in [0.2, 0.25) is 0 Å². The summed E-state index contributed by atoms with van der Waals surface area (Å²) in [4.78, 5) is 9.87. The molecule has 0 aromatic heterocycles. The van der Waals surface area contributed by atoms with Crippen LogP contribution in [0.15, 0.2) is 12.1 Å². The Morgan fingerprint density at radius 1 is 1.29 bits per heavy atom. The molecule has 21 heavy (non-hydrogen) atoms. The van der Waals surface area contributed by atoms with Gasteiger partial charge in [-0.3, -0.25) is 10.1 Å². The minimum atomic E-state index is -1.19. The van der Waals surface area contributed by atoms with Gasteiger partial charge < -0.3 is 10.1 Å². The Morgan fingerprint density at radius 2 is 1.90 bits per heavy atom. The minimum absolute atomic E-state index is 0.0949. The smallest absolute Gasteiger partial charge is 0.307 e. The molecule has 0 spiro atoms. The summed E-state index contributed by atoms with van der Waals surface area (Å²) < 4.78 is 33.0. The number of nitro benzene ring substituents is 1. The van der Waals surface area contributed by atoms with E-state index < -0.39 is 27.8 Å². The topological polar surface area (TPSA) is 64.4 Å². The highest BCUT2D eigenvalue weighted by Crippen LogP contribution is 2.39. The molecule has 1 unspecified atom stereocenters. The molecular formula is C14H18F2N2O3. The highest BCUT2D eigenvalue weighted by atomic mass is 19.1. The molecule has 1 heterocycles. The van der Waals surface area contributed by atoms with E-state index in [1.807, 2.05) is 27.7 Å². The van der Waals surface area contributed by atoms with E-state index in [0.717, 1.165) is 6.07 Å². The van der Waals surface area contributed by atoms with Crippen molar-refractivity contribution in [3.05, 3.63) is 33.9 Å². The second-order valence-electron chi connectivity index (χ2n) is 6.41. The molecule has 1 fully saturated rings. The molecule has 1 aromatic rings. The van der Waals surface area contributed by atoms with Crippen molar-refractivity contribution in [2.45, 2.75) is 51.4 Å². The van der Waals surface area contributed by atoms with Gasteiger partial charge >= 0.3 is 5.69 Å². The van der Waals surface area contributed by atoms with Crippen LogP contribution < -0.4 is 5.32 Å². The van der Waals surface area contributed by atoms with Crippen LogP contribution in [0, 0.1) is 21.7 Å². The molecule has 0 amide bonds. The van der Waals surface area contributed by atoms with E-state index in [1.165, 1.54) is 0 Å². The van der Waals surface area contributed by atoms with Crippen molar-refractivity contribution in [1.29, 1.82) is 0 Å². The lowest BCUT2D eigenvalue weighted by molar-refractivity contribution is -0.387. The lowest BCUT2D eigenvalue weighted by Gasteiger charge is -2.28. The van der Waals surface area contributed by atoms with Crippen LogP contribution in [0.1, 0.15) is 34.1 Å².